The highest BCUT2D eigenvalue weighted by atomic mass is 16.3. The lowest BCUT2D eigenvalue weighted by atomic mass is 10.2. The highest BCUT2D eigenvalue weighted by molar-refractivity contribution is 5.81. The first-order valence-corrected chi connectivity index (χ1v) is 5.86. The van der Waals surface area contributed by atoms with Crippen LogP contribution in [-0.2, 0) is 0 Å². The van der Waals surface area contributed by atoms with Gasteiger partial charge in [0, 0.05) is 6.07 Å². The van der Waals surface area contributed by atoms with E-state index in [0.29, 0.717) is 11.0 Å². The van der Waals surface area contributed by atoms with Crippen LogP contribution in [0.2, 0.25) is 0 Å². The van der Waals surface area contributed by atoms with E-state index in [9.17, 15) is 24.6 Å². The maximum Gasteiger partial charge on any atom is 0.328 e. The Balaban J connectivity index is 2.10. The average Bonchev–Trinajstić information content (AvgIpc) is 2.76. The Morgan fingerprint density at radius 1 is 0.818 bits per heavy atom. The van der Waals surface area contributed by atoms with Crippen molar-refractivity contribution in [2.75, 3.05) is 0 Å². The summed E-state index contributed by atoms with van der Waals surface area (Å²) in [6, 6.07) is 2.57. The second kappa shape index (κ2) is 4.73. The molecule has 2 aromatic heterocycles. The smallest absolute Gasteiger partial charge is 0.328 e. The Morgan fingerprint density at radius 2 is 1.45 bits per heavy atom. The predicted molar refractivity (Wildman–Crippen MR) is 74.1 cm³/mol. The number of imidazole rings is 1. The molecule has 3 aromatic rings. The molecule has 0 bridgehead atoms. The molecule has 0 spiro atoms. The van der Waals surface area contributed by atoms with Crippen LogP contribution in [0.15, 0.2) is 36.7 Å². The van der Waals surface area contributed by atoms with Gasteiger partial charge in [0.2, 0.25) is 11.6 Å². The number of aromatic hydroxyl groups is 2. The maximum atomic E-state index is 11.5. The minimum atomic E-state index is -0.944. The van der Waals surface area contributed by atoms with E-state index < -0.39 is 28.5 Å². The molecular formula is C11H8N6O5. The molecule has 1 aromatic carbocycles. The summed E-state index contributed by atoms with van der Waals surface area (Å²) in [5, 5.41) is 26.3. The number of azo groups is 1. The van der Waals surface area contributed by atoms with Crippen LogP contribution >= 0.6 is 0 Å². The average molecular weight is 304 g/mol. The molecule has 0 aliphatic rings. The first kappa shape index (κ1) is 13.4. The van der Waals surface area contributed by atoms with Crippen LogP contribution in [0.25, 0.3) is 11.0 Å². The van der Waals surface area contributed by atoms with E-state index in [2.05, 4.69) is 20.2 Å². The number of nitrogens with one attached hydrogen (secondary N) is 4. The molecule has 112 valence electrons. The topological polar surface area (TPSA) is 180 Å². The van der Waals surface area contributed by atoms with E-state index >= 15 is 0 Å². The first-order valence-electron chi connectivity index (χ1n) is 5.86. The molecule has 0 saturated heterocycles. The minimum Gasteiger partial charge on any atom is -0.506 e. The normalized spacial score (nSPS) is 11.5. The maximum absolute atomic E-state index is 11.5. The number of aromatic nitrogens is 4. The van der Waals surface area contributed by atoms with E-state index in [0.717, 1.165) is 0 Å². The van der Waals surface area contributed by atoms with Gasteiger partial charge in [0.25, 0.3) is 5.56 Å². The SMILES string of the molecule is O=c1[nH]c(O)c(N=Nc2cc3[nH]c(=O)[nH]c3cc2O)c(=O)[nH]1. The van der Waals surface area contributed by atoms with Crippen molar-refractivity contribution in [3.8, 4) is 11.6 Å². The lowest BCUT2D eigenvalue weighted by Crippen LogP contribution is -2.20. The standard InChI is InChI=1S/C11H8N6O5/c18-6-2-4-3(12-10(21)13-4)1-5(6)16-17-7-8(19)14-11(22)15-9(7)20/h1-2,18H,(H2,12,13,21)(H3,14,15,19,20,22). The summed E-state index contributed by atoms with van der Waals surface area (Å²) in [6.07, 6.45) is 0. The van der Waals surface area contributed by atoms with Crippen LogP contribution in [0.3, 0.4) is 0 Å². The van der Waals surface area contributed by atoms with Crippen molar-refractivity contribution in [2.45, 2.75) is 0 Å². The zero-order chi connectivity index (χ0) is 15.9. The summed E-state index contributed by atoms with van der Waals surface area (Å²) in [7, 11) is 0. The number of phenolic OH excluding ortho intramolecular Hbond substituents is 1. The molecule has 11 nitrogen and oxygen atoms in total. The molecule has 0 unspecified atom stereocenters. The quantitative estimate of drug-likeness (QED) is 0.365. The molecule has 0 radical (unpaired) electrons. The van der Waals surface area contributed by atoms with Gasteiger partial charge in [0.15, 0.2) is 0 Å². The first-order chi connectivity index (χ1) is 10.4. The number of fused-ring (bicyclic) bond motifs is 1. The molecular weight excluding hydrogens is 296 g/mol. The summed E-state index contributed by atoms with van der Waals surface area (Å²) in [5.74, 6) is -1.06. The van der Waals surface area contributed by atoms with Crippen molar-refractivity contribution in [3.05, 3.63) is 43.5 Å². The van der Waals surface area contributed by atoms with Crippen LogP contribution < -0.4 is 16.9 Å². The number of nitrogens with zero attached hydrogens (tertiary/aromatic N) is 2. The van der Waals surface area contributed by atoms with E-state index in [1.54, 1.807) is 0 Å². The van der Waals surface area contributed by atoms with Gasteiger partial charge in [-0.3, -0.25) is 14.8 Å². The van der Waals surface area contributed by atoms with Crippen LogP contribution in [0, 0.1) is 0 Å². The van der Waals surface area contributed by atoms with Crippen LogP contribution in [0.1, 0.15) is 0 Å². The van der Waals surface area contributed by atoms with Gasteiger partial charge in [0.1, 0.15) is 11.4 Å². The third kappa shape index (κ3) is 2.26. The number of benzene rings is 1. The van der Waals surface area contributed by atoms with Crippen molar-refractivity contribution in [3.63, 3.8) is 0 Å². The monoisotopic (exact) mass is 304 g/mol. The largest absolute Gasteiger partial charge is 0.506 e. The summed E-state index contributed by atoms with van der Waals surface area (Å²) < 4.78 is 0. The van der Waals surface area contributed by atoms with Gasteiger partial charge in [-0.25, -0.2) is 9.59 Å². The number of hydrogen-bond donors (Lipinski definition) is 6. The van der Waals surface area contributed by atoms with Crippen LogP contribution in [0.5, 0.6) is 11.6 Å². The second-order valence-corrected chi connectivity index (χ2v) is 4.27. The summed E-state index contributed by atoms with van der Waals surface area (Å²) >= 11 is 0. The van der Waals surface area contributed by atoms with E-state index in [1.165, 1.54) is 12.1 Å². The van der Waals surface area contributed by atoms with Gasteiger partial charge >= 0.3 is 11.4 Å². The molecule has 0 aliphatic heterocycles. The third-order valence-corrected chi connectivity index (χ3v) is 2.77. The lowest BCUT2D eigenvalue weighted by Gasteiger charge is -1.98. The lowest BCUT2D eigenvalue weighted by molar-refractivity contribution is 0.449. The fourth-order valence-electron chi connectivity index (χ4n) is 1.80. The zero-order valence-electron chi connectivity index (χ0n) is 10.7. The van der Waals surface area contributed by atoms with Gasteiger partial charge in [-0.15, -0.1) is 10.2 Å². The Hall–Kier alpha value is -3.63. The summed E-state index contributed by atoms with van der Waals surface area (Å²) in [6.45, 7) is 0. The third-order valence-electron chi connectivity index (χ3n) is 2.77. The highest BCUT2D eigenvalue weighted by Gasteiger charge is 2.09. The molecule has 0 fully saturated rings. The molecule has 0 saturated carbocycles. The fraction of sp³-hybridized carbons (Fsp3) is 0. The number of rotatable bonds is 2. The molecule has 2 heterocycles. The van der Waals surface area contributed by atoms with Crippen molar-refractivity contribution in [2.24, 2.45) is 10.2 Å². The molecule has 22 heavy (non-hydrogen) atoms. The molecule has 0 aliphatic carbocycles. The number of hydrogen-bond acceptors (Lipinski definition) is 7. The molecule has 0 atom stereocenters. The number of phenols is 1. The van der Waals surface area contributed by atoms with Crippen LogP contribution in [0.4, 0.5) is 11.4 Å². The molecule has 6 N–H and O–H groups in total. The van der Waals surface area contributed by atoms with Gasteiger partial charge in [-0.1, -0.05) is 0 Å². The Kier molecular flexibility index (Phi) is 2.87. The van der Waals surface area contributed by atoms with Gasteiger partial charge in [0.05, 0.1) is 11.0 Å². The van der Waals surface area contributed by atoms with Gasteiger partial charge in [-0.2, -0.15) is 0 Å². The zero-order valence-corrected chi connectivity index (χ0v) is 10.7. The van der Waals surface area contributed by atoms with E-state index in [1.807, 2.05) is 9.97 Å². The van der Waals surface area contributed by atoms with Crippen molar-refractivity contribution < 1.29 is 10.2 Å². The molecule has 3 rings (SSSR count). The van der Waals surface area contributed by atoms with Crippen molar-refractivity contribution in [1.29, 1.82) is 0 Å². The fourth-order valence-corrected chi connectivity index (χ4v) is 1.80. The van der Waals surface area contributed by atoms with Crippen molar-refractivity contribution >= 4 is 22.4 Å². The summed E-state index contributed by atoms with van der Waals surface area (Å²) in [4.78, 5) is 42.3. The molecule has 11 heteroatoms. The summed E-state index contributed by atoms with van der Waals surface area (Å²) in [5.41, 5.74) is -2.13. The second-order valence-electron chi connectivity index (χ2n) is 4.27. The Morgan fingerprint density at radius 3 is 2.14 bits per heavy atom. The van der Waals surface area contributed by atoms with Crippen LogP contribution in [-0.4, -0.2) is 30.1 Å². The van der Waals surface area contributed by atoms with Gasteiger partial charge < -0.3 is 20.2 Å². The number of aromatic amines is 4. The minimum absolute atomic E-state index is 0.0484. The van der Waals surface area contributed by atoms with Crippen molar-refractivity contribution in [1.82, 2.24) is 19.9 Å². The Bertz CT molecular complexity index is 1070. The van der Waals surface area contributed by atoms with E-state index in [4.69, 9.17) is 0 Å². The predicted octanol–water partition coefficient (Wildman–Crippen LogP) is 0.0594. The van der Waals surface area contributed by atoms with Gasteiger partial charge in [-0.05, 0) is 6.07 Å². The highest BCUT2D eigenvalue weighted by Crippen LogP contribution is 2.31. The van der Waals surface area contributed by atoms with E-state index in [-0.39, 0.29) is 11.4 Å². The molecule has 0 amide bonds. The Labute approximate surface area is 119 Å². The number of H-pyrrole nitrogens is 4.